The van der Waals surface area contributed by atoms with E-state index in [0.717, 1.165) is 12.0 Å². The molecule has 0 unspecified atom stereocenters. The lowest BCUT2D eigenvalue weighted by Gasteiger charge is -2.41. The standard InChI is InChI=1S/C12H24N2/c1-11-5-8-14(9-6-11)12-4-3-7-13(2)10-12/h11-12H,3-10H2,1-2H3/t12-/m1/s1. The zero-order valence-electron chi connectivity index (χ0n) is 9.71. The maximum absolute atomic E-state index is 2.73. The first-order chi connectivity index (χ1) is 6.75. The van der Waals surface area contributed by atoms with Crippen molar-refractivity contribution in [1.29, 1.82) is 0 Å². The van der Waals surface area contributed by atoms with Crippen LogP contribution in [0.2, 0.25) is 0 Å². The smallest absolute Gasteiger partial charge is 0.0223 e. The van der Waals surface area contributed by atoms with Crippen molar-refractivity contribution in [2.45, 2.75) is 38.6 Å². The van der Waals surface area contributed by atoms with Gasteiger partial charge >= 0.3 is 0 Å². The van der Waals surface area contributed by atoms with Crippen LogP contribution in [0.3, 0.4) is 0 Å². The molecule has 1 atom stereocenters. The Kier molecular flexibility index (Phi) is 3.45. The molecule has 0 amide bonds. The van der Waals surface area contributed by atoms with E-state index in [-0.39, 0.29) is 0 Å². The van der Waals surface area contributed by atoms with E-state index >= 15 is 0 Å². The van der Waals surface area contributed by atoms with Gasteiger partial charge in [-0.05, 0) is 58.3 Å². The van der Waals surface area contributed by atoms with Crippen LogP contribution in [0.1, 0.15) is 32.6 Å². The van der Waals surface area contributed by atoms with Gasteiger partial charge < -0.3 is 4.90 Å². The molecule has 82 valence electrons. The molecule has 0 bridgehead atoms. The van der Waals surface area contributed by atoms with E-state index in [4.69, 9.17) is 0 Å². The zero-order chi connectivity index (χ0) is 9.97. The molecule has 2 saturated heterocycles. The summed E-state index contributed by atoms with van der Waals surface area (Å²) in [6.45, 7) is 7.69. The van der Waals surface area contributed by atoms with Crippen LogP contribution in [0.4, 0.5) is 0 Å². The van der Waals surface area contributed by atoms with Crippen LogP contribution < -0.4 is 0 Å². The van der Waals surface area contributed by atoms with Gasteiger partial charge in [-0.1, -0.05) is 6.92 Å². The van der Waals surface area contributed by atoms with E-state index in [1.165, 1.54) is 51.9 Å². The van der Waals surface area contributed by atoms with Crippen LogP contribution in [-0.2, 0) is 0 Å². The van der Waals surface area contributed by atoms with Gasteiger partial charge in [0, 0.05) is 12.6 Å². The van der Waals surface area contributed by atoms with Crippen LogP contribution >= 0.6 is 0 Å². The minimum Gasteiger partial charge on any atom is -0.305 e. The summed E-state index contributed by atoms with van der Waals surface area (Å²) < 4.78 is 0. The highest BCUT2D eigenvalue weighted by molar-refractivity contribution is 4.82. The zero-order valence-corrected chi connectivity index (χ0v) is 9.71. The number of hydrogen-bond donors (Lipinski definition) is 0. The molecule has 2 heteroatoms. The fourth-order valence-corrected chi connectivity index (χ4v) is 2.83. The number of nitrogens with zero attached hydrogens (tertiary/aromatic N) is 2. The highest BCUT2D eigenvalue weighted by atomic mass is 15.2. The Hall–Kier alpha value is -0.0800. The molecule has 2 aliphatic heterocycles. The van der Waals surface area contributed by atoms with Crippen molar-refractivity contribution in [2.24, 2.45) is 5.92 Å². The summed E-state index contributed by atoms with van der Waals surface area (Å²) in [5.74, 6) is 0.965. The van der Waals surface area contributed by atoms with Crippen molar-refractivity contribution in [3.8, 4) is 0 Å². The number of hydrogen-bond acceptors (Lipinski definition) is 2. The lowest BCUT2D eigenvalue weighted by Crippen LogP contribution is -2.49. The molecule has 0 radical (unpaired) electrons. The second kappa shape index (κ2) is 4.63. The van der Waals surface area contributed by atoms with Gasteiger partial charge in [0.2, 0.25) is 0 Å². The fourth-order valence-electron chi connectivity index (χ4n) is 2.83. The third-order valence-corrected chi connectivity index (χ3v) is 3.93. The monoisotopic (exact) mass is 196 g/mol. The maximum atomic E-state index is 2.73. The van der Waals surface area contributed by atoms with Gasteiger partial charge in [-0.2, -0.15) is 0 Å². The fraction of sp³-hybridized carbons (Fsp3) is 1.00. The Morgan fingerprint density at radius 1 is 1.00 bits per heavy atom. The van der Waals surface area contributed by atoms with Gasteiger partial charge in [-0.3, -0.25) is 4.90 Å². The Morgan fingerprint density at radius 3 is 2.36 bits per heavy atom. The SMILES string of the molecule is CC1CCN([C@@H]2CCCN(C)C2)CC1. The predicted octanol–water partition coefficient (Wildman–Crippen LogP) is 1.81. The van der Waals surface area contributed by atoms with Crippen LogP contribution in [0.25, 0.3) is 0 Å². The van der Waals surface area contributed by atoms with E-state index in [1.54, 1.807) is 0 Å². The lowest BCUT2D eigenvalue weighted by molar-refractivity contribution is 0.0817. The Morgan fingerprint density at radius 2 is 1.71 bits per heavy atom. The highest BCUT2D eigenvalue weighted by Gasteiger charge is 2.26. The van der Waals surface area contributed by atoms with Gasteiger partial charge in [-0.25, -0.2) is 0 Å². The normalized spacial score (nSPS) is 33.4. The van der Waals surface area contributed by atoms with Crippen molar-refractivity contribution in [2.75, 3.05) is 33.2 Å². The molecule has 2 aliphatic rings. The summed E-state index contributed by atoms with van der Waals surface area (Å²) in [5, 5.41) is 0. The summed E-state index contributed by atoms with van der Waals surface area (Å²) in [4.78, 5) is 5.22. The molecular weight excluding hydrogens is 172 g/mol. The van der Waals surface area contributed by atoms with Gasteiger partial charge in [-0.15, -0.1) is 0 Å². The molecule has 2 heterocycles. The van der Waals surface area contributed by atoms with Crippen LogP contribution in [0, 0.1) is 5.92 Å². The topological polar surface area (TPSA) is 6.48 Å². The van der Waals surface area contributed by atoms with E-state index in [0.29, 0.717) is 0 Å². The summed E-state index contributed by atoms with van der Waals surface area (Å²) >= 11 is 0. The molecule has 14 heavy (non-hydrogen) atoms. The summed E-state index contributed by atoms with van der Waals surface area (Å²) in [7, 11) is 2.26. The molecule has 0 aromatic rings. The molecule has 2 nitrogen and oxygen atoms in total. The molecule has 2 fully saturated rings. The minimum absolute atomic E-state index is 0.862. The highest BCUT2D eigenvalue weighted by Crippen LogP contribution is 2.22. The number of likely N-dealkylation sites (tertiary alicyclic amines) is 2. The molecular formula is C12H24N2. The number of rotatable bonds is 1. The molecule has 0 saturated carbocycles. The van der Waals surface area contributed by atoms with Crippen molar-refractivity contribution < 1.29 is 0 Å². The quantitative estimate of drug-likeness (QED) is 0.631. The third-order valence-electron chi connectivity index (χ3n) is 3.93. The third kappa shape index (κ3) is 2.48. The summed E-state index contributed by atoms with van der Waals surface area (Å²) in [6, 6.07) is 0.862. The Bertz CT molecular complexity index is 173. The maximum Gasteiger partial charge on any atom is 0.0223 e. The predicted molar refractivity (Wildman–Crippen MR) is 60.5 cm³/mol. The van der Waals surface area contributed by atoms with Gasteiger partial charge in [0.1, 0.15) is 0 Å². The summed E-state index contributed by atoms with van der Waals surface area (Å²) in [5.41, 5.74) is 0. The molecule has 0 aromatic heterocycles. The Balaban J connectivity index is 1.82. The van der Waals surface area contributed by atoms with Crippen molar-refractivity contribution in [3.63, 3.8) is 0 Å². The first-order valence-corrected chi connectivity index (χ1v) is 6.18. The summed E-state index contributed by atoms with van der Waals surface area (Å²) in [6.07, 6.45) is 5.66. The minimum atomic E-state index is 0.862. The van der Waals surface area contributed by atoms with Gasteiger partial charge in [0.15, 0.2) is 0 Å². The number of piperidine rings is 2. The molecule has 0 aliphatic carbocycles. The van der Waals surface area contributed by atoms with Crippen molar-refractivity contribution in [1.82, 2.24) is 9.80 Å². The largest absolute Gasteiger partial charge is 0.305 e. The van der Waals surface area contributed by atoms with E-state index in [1.807, 2.05) is 0 Å². The molecule has 0 N–H and O–H groups in total. The van der Waals surface area contributed by atoms with Gasteiger partial charge in [0.05, 0.1) is 0 Å². The average Bonchev–Trinajstić information content (AvgIpc) is 2.19. The van der Waals surface area contributed by atoms with E-state index < -0.39 is 0 Å². The lowest BCUT2D eigenvalue weighted by atomic mass is 9.95. The van der Waals surface area contributed by atoms with E-state index in [2.05, 4.69) is 23.8 Å². The van der Waals surface area contributed by atoms with Crippen molar-refractivity contribution >= 4 is 0 Å². The Labute approximate surface area is 88.3 Å². The molecule has 2 rings (SSSR count). The van der Waals surface area contributed by atoms with E-state index in [9.17, 15) is 0 Å². The van der Waals surface area contributed by atoms with Crippen LogP contribution in [0.15, 0.2) is 0 Å². The molecule has 0 spiro atoms. The number of likely N-dealkylation sites (N-methyl/N-ethyl adjacent to an activating group) is 1. The van der Waals surface area contributed by atoms with Crippen molar-refractivity contribution in [3.05, 3.63) is 0 Å². The van der Waals surface area contributed by atoms with Crippen LogP contribution in [-0.4, -0.2) is 49.1 Å². The second-order valence-electron chi connectivity index (χ2n) is 5.28. The first kappa shape index (κ1) is 10.4. The first-order valence-electron chi connectivity index (χ1n) is 6.18. The molecule has 0 aromatic carbocycles. The van der Waals surface area contributed by atoms with Crippen LogP contribution in [0.5, 0.6) is 0 Å². The average molecular weight is 196 g/mol. The second-order valence-corrected chi connectivity index (χ2v) is 5.28. The van der Waals surface area contributed by atoms with Gasteiger partial charge in [0.25, 0.3) is 0 Å².